The molecule has 1 saturated carbocycles. The number of nitrogens with zero attached hydrogens (tertiary/aromatic N) is 2. The lowest BCUT2D eigenvalue weighted by molar-refractivity contribution is 0.0625. The van der Waals surface area contributed by atoms with E-state index in [4.69, 9.17) is 9.73 Å². The van der Waals surface area contributed by atoms with E-state index in [1.165, 1.54) is 43.2 Å². The van der Waals surface area contributed by atoms with Crippen molar-refractivity contribution in [2.75, 3.05) is 39.9 Å². The normalized spacial score (nSPS) is 19.3. The third-order valence-corrected chi connectivity index (χ3v) is 6.01. The van der Waals surface area contributed by atoms with E-state index in [2.05, 4.69) is 55.4 Å². The molecule has 2 aliphatic rings. The summed E-state index contributed by atoms with van der Waals surface area (Å²) >= 11 is 0. The Labute approximate surface area is 182 Å². The highest BCUT2D eigenvalue weighted by Gasteiger charge is 2.44. The van der Waals surface area contributed by atoms with E-state index in [0.29, 0.717) is 0 Å². The predicted octanol–water partition coefficient (Wildman–Crippen LogP) is 4.36. The molecule has 27 heavy (non-hydrogen) atoms. The van der Waals surface area contributed by atoms with Gasteiger partial charge in [-0.3, -0.25) is 4.99 Å². The summed E-state index contributed by atoms with van der Waals surface area (Å²) in [7, 11) is 2.17. The van der Waals surface area contributed by atoms with Crippen molar-refractivity contribution >= 4 is 29.9 Å². The van der Waals surface area contributed by atoms with Gasteiger partial charge in [-0.25, -0.2) is 0 Å². The van der Waals surface area contributed by atoms with Crippen molar-refractivity contribution < 1.29 is 4.74 Å². The first-order chi connectivity index (χ1) is 12.6. The molecule has 4 nitrogen and oxygen atoms in total. The average molecular weight is 485 g/mol. The zero-order chi connectivity index (χ0) is 18.4. The topological polar surface area (TPSA) is 36.9 Å². The van der Waals surface area contributed by atoms with Gasteiger partial charge in [0, 0.05) is 38.8 Å². The van der Waals surface area contributed by atoms with E-state index in [1.54, 1.807) is 0 Å². The number of hydrogen-bond donors (Lipinski definition) is 1. The number of aliphatic imine (C=N–C) groups is 1. The van der Waals surface area contributed by atoms with Crippen LogP contribution in [0.15, 0.2) is 29.3 Å². The van der Waals surface area contributed by atoms with E-state index < -0.39 is 0 Å². The highest BCUT2D eigenvalue weighted by molar-refractivity contribution is 14.0. The largest absolute Gasteiger partial charge is 0.381 e. The second kappa shape index (κ2) is 10.6. The summed E-state index contributed by atoms with van der Waals surface area (Å²) in [6, 6.07) is 8.81. The van der Waals surface area contributed by atoms with Crippen LogP contribution in [0.3, 0.4) is 0 Å². The van der Waals surface area contributed by atoms with Crippen LogP contribution in [0.1, 0.15) is 50.2 Å². The maximum absolute atomic E-state index is 5.48. The molecule has 0 amide bonds. The van der Waals surface area contributed by atoms with Crippen LogP contribution in [0.4, 0.5) is 0 Å². The molecule has 152 valence electrons. The van der Waals surface area contributed by atoms with Crippen LogP contribution in [0.5, 0.6) is 0 Å². The van der Waals surface area contributed by atoms with Gasteiger partial charge in [-0.2, -0.15) is 0 Å². The Bertz CT molecular complexity index is 609. The zero-order valence-electron chi connectivity index (χ0n) is 17.2. The Balaban J connectivity index is 0.00000261. The molecule has 1 aliphatic heterocycles. The van der Waals surface area contributed by atoms with Crippen LogP contribution in [0, 0.1) is 12.8 Å². The van der Waals surface area contributed by atoms with Gasteiger partial charge in [0.05, 0.1) is 6.54 Å². The maximum atomic E-state index is 5.48. The van der Waals surface area contributed by atoms with Gasteiger partial charge in [0.2, 0.25) is 0 Å². The zero-order valence-corrected chi connectivity index (χ0v) is 19.5. The van der Waals surface area contributed by atoms with Crippen LogP contribution in [-0.4, -0.2) is 50.8 Å². The molecule has 0 aromatic heterocycles. The quantitative estimate of drug-likeness (QED) is 0.354. The van der Waals surface area contributed by atoms with E-state index >= 15 is 0 Å². The smallest absolute Gasteiger partial charge is 0.193 e. The summed E-state index contributed by atoms with van der Waals surface area (Å²) in [5, 5.41) is 3.49. The molecule has 0 spiro atoms. The lowest BCUT2D eigenvalue weighted by atomic mass is 9.92. The third-order valence-electron chi connectivity index (χ3n) is 6.01. The number of ether oxygens (including phenoxy) is 1. The van der Waals surface area contributed by atoms with E-state index in [0.717, 1.165) is 44.7 Å². The first-order valence-electron chi connectivity index (χ1n) is 10.3. The molecule has 5 heteroatoms. The predicted molar refractivity (Wildman–Crippen MR) is 124 cm³/mol. The Morgan fingerprint density at radius 1 is 1.26 bits per heavy atom. The molecular weight excluding hydrogens is 449 g/mol. The van der Waals surface area contributed by atoms with Gasteiger partial charge in [0.1, 0.15) is 0 Å². The van der Waals surface area contributed by atoms with Crippen molar-refractivity contribution in [1.82, 2.24) is 10.2 Å². The van der Waals surface area contributed by atoms with Crippen molar-refractivity contribution in [2.45, 2.75) is 51.4 Å². The first-order valence-corrected chi connectivity index (χ1v) is 10.3. The SMILES string of the molecule is CCNC(=NCC1(c2ccccc2C)CC1)N(C)CCC1CCOCC1.I. The van der Waals surface area contributed by atoms with Gasteiger partial charge in [-0.15, -0.1) is 24.0 Å². The van der Waals surface area contributed by atoms with Gasteiger partial charge in [0.25, 0.3) is 0 Å². The first kappa shape index (κ1) is 22.5. The average Bonchev–Trinajstić information content (AvgIpc) is 3.45. The minimum Gasteiger partial charge on any atom is -0.381 e. The maximum Gasteiger partial charge on any atom is 0.193 e. The minimum absolute atomic E-state index is 0. The van der Waals surface area contributed by atoms with Gasteiger partial charge in [0.15, 0.2) is 5.96 Å². The standard InChI is InChI=1S/C22H35N3O.HI/c1-4-23-21(25(3)14-9-19-10-15-26-16-11-19)24-17-22(12-13-22)20-8-6-5-7-18(20)2;/h5-8,19H,4,9-17H2,1-3H3,(H,23,24);1H. The summed E-state index contributed by atoms with van der Waals surface area (Å²) in [5.41, 5.74) is 3.16. The number of rotatable bonds is 7. The molecule has 0 unspecified atom stereocenters. The molecule has 0 radical (unpaired) electrons. The van der Waals surface area contributed by atoms with Crippen molar-refractivity contribution in [1.29, 1.82) is 0 Å². The van der Waals surface area contributed by atoms with Crippen LogP contribution in [-0.2, 0) is 10.2 Å². The van der Waals surface area contributed by atoms with E-state index in [1.807, 2.05) is 0 Å². The molecule has 1 heterocycles. The minimum atomic E-state index is 0. The number of nitrogens with one attached hydrogen (secondary N) is 1. The van der Waals surface area contributed by atoms with Crippen molar-refractivity contribution in [2.24, 2.45) is 10.9 Å². The van der Waals surface area contributed by atoms with Gasteiger partial charge < -0.3 is 15.0 Å². The monoisotopic (exact) mass is 485 g/mol. The van der Waals surface area contributed by atoms with Gasteiger partial charge >= 0.3 is 0 Å². The second-order valence-electron chi connectivity index (χ2n) is 8.03. The molecule has 0 bridgehead atoms. The van der Waals surface area contributed by atoms with E-state index in [9.17, 15) is 0 Å². The highest BCUT2D eigenvalue weighted by Crippen LogP contribution is 2.49. The Hall–Kier alpha value is -0.820. The van der Waals surface area contributed by atoms with Crippen LogP contribution in [0.2, 0.25) is 0 Å². The number of hydrogen-bond acceptors (Lipinski definition) is 2. The van der Waals surface area contributed by atoms with Gasteiger partial charge in [-0.1, -0.05) is 24.3 Å². The Morgan fingerprint density at radius 2 is 1.96 bits per heavy atom. The second-order valence-corrected chi connectivity index (χ2v) is 8.03. The van der Waals surface area contributed by atoms with Gasteiger partial charge in [-0.05, 0) is 63.0 Å². The third kappa shape index (κ3) is 6.08. The Morgan fingerprint density at radius 3 is 2.59 bits per heavy atom. The highest BCUT2D eigenvalue weighted by atomic mass is 127. The fourth-order valence-corrected chi connectivity index (χ4v) is 4.04. The summed E-state index contributed by atoms with van der Waals surface area (Å²) in [6.07, 6.45) is 6.15. The molecule has 1 aliphatic carbocycles. The summed E-state index contributed by atoms with van der Waals surface area (Å²) in [6.45, 7) is 9.11. The Kier molecular flexibility index (Phi) is 8.86. The molecule has 1 N–H and O–H groups in total. The molecule has 2 fully saturated rings. The summed E-state index contributed by atoms with van der Waals surface area (Å²) in [5.74, 6) is 1.86. The summed E-state index contributed by atoms with van der Waals surface area (Å²) in [4.78, 5) is 7.35. The summed E-state index contributed by atoms with van der Waals surface area (Å²) < 4.78 is 5.48. The van der Waals surface area contributed by atoms with E-state index in [-0.39, 0.29) is 29.4 Å². The van der Waals surface area contributed by atoms with Crippen LogP contribution >= 0.6 is 24.0 Å². The molecule has 1 aromatic carbocycles. The lowest BCUT2D eigenvalue weighted by Crippen LogP contribution is -2.40. The molecule has 1 saturated heterocycles. The number of benzene rings is 1. The number of halogens is 1. The lowest BCUT2D eigenvalue weighted by Gasteiger charge is -2.27. The number of aryl methyl sites for hydroxylation is 1. The van der Waals surface area contributed by atoms with Crippen molar-refractivity contribution in [3.05, 3.63) is 35.4 Å². The molecule has 1 aromatic rings. The van der Waals surface area contributed by atoms with Crippen molar-refractivity contribution in [3.63, 3.8) is 0 Å². The molecule has 0 atom stereocenters. The molecule has 3 rings (SSSR count). The number of guanidine groups is 1. The molecular formula is C22H36IN3O. The fourth-order valence-electron chi connectivity index (χ4n) is 4.04. The van der Waals surface area contributed by atoms with Crippen LogP contribution in [0.25, 0.3) is 0 Å². The van der Waals surface area contributed by atoms with Crippen molar-refractivity contribution in [3.8, 4) is 0 Å². The fraction of sp³-hybridized carbons (Fsp3) is 0.682. The van der Waals surface area contributed by atoms with Crippen LogP contribution < -0.4 is 5.32 Å².